The van der Waals surface area contributed by atoms with Crippen molar-refractivity contribution in [1.29, 1.82) is 0 Å². The van der Waals surface area contributed by atoms with E-state index in [0.29, 0.717) is 28.4 Å². The lowest BCUT2D eigenvalue weighted by Crippen LogP contribution is -2.43. The first-order valence-corrected chi connectivity index (χ1v) is 13.2. The monoisotopic (exact) mass is 541 g/mol. The van der Waals surface area contributed by atoms with Gasteiger partial charge in [-0.2, -0.15) is 0 Å². The third kappa shape index (κ3) is 7.63. The quantitative estimate of drug-likeness (QED) is 0.249. The topological polar surface area (TPSA) is 117 Å². The van der Waals surface area contributed by atoms with Crippen LogP contribution in [0.2, 0.25) is 0 Å². The van der Waals surface area contributed by atoms with Crippen LogP contribution in [0.4, 0.5) is 0 Å². The van der Waals surface area contributed by atoms with Crippen molar-refractivity contribution in [3.8, 4) is 22.9 Å². The van der Waals surface area contributed by atoms with Gasteiger partial charge in [-0.05, 0) is 50.1 Å². The zero-order chi connectivity index (χ0) is 28.3. The number of ether oxygens (including phenoxy) is 3. The highest BCUT2D eigenvalue weighted by Crippen LogP contribution is 2.32. The van der Waals surface area contributed by atoms with Crippen LogP contribution in [0.3, 0.4) is 0 Å². The van der Waals surface area contributed by atoms with Crippen LogP contribution in [0.15, 0.2) is 78.9 Å². The summed E-state index contributed by atoms with van der Waals surface area (Å²) < 4.78 is 16.1. The van der Waals surface area contributed by atoms with Crippen LogP contribution in [0, 0.1) is 0 Å². The van der Waals surface area contributed by atoms with Crippen molar-refractivity contribution in [3.05, 3.63) is 84.4 Å². The maximum Gasteiger partial charge on any atom is 0.328 e. The van der Waals surface area contributed by atoms with Crippen LogP contribution >= 0.6 is 0 Å². The van der Waals surface area contributed by atoms with Gasteiger partial charge in [0.1, 0.15) is 17.5 Å². The zero-order valence-corrected chi connectivity index (χ0v) is 22.5. The summed E-state index contributed by atoms with van der Waals surface area (Å²) in [7, 11) is 0. The highest BCUT2D eigenvalue weighted by molar-refractivity contribution is 5.86. The molecule has 0 aliphatic heterocycles. The summed E-state index contributed by atoms with van der Waals surface area (Å²) >= 11 is 0. The molecule has 40 heavy (non-hydrogen) atoms. The van der Waals surface area contributed by atoms with E-state index in [-0.39, 0.29) is 38.4 Å². The average molecular weight is 542 g/mol. The molecule has 1 aromatic heterocycles. The lowest BCUT2D eigenvalue weighted by atomic mass is 10.1. The lowest BCUT2D eigenvalue weighted by molar-refractivity contribution is -0.148. The molecule has 1 N–H and O–H groups in total. The number of nitrogens with zero attached hydrogens (tertiary/aromatic N) is 2. The minimum atomic E-state index is -0.942. The van der Waals surface area contributed by atoms with Crippen LogP contribution in [-0.4, -0.2) is 47.1 Å². The van der Waals surface area contributed by atoms with Gasteiger partial charge in [0.25, 0.3) is 0 Å². The second kappa shape index (κ2) is 13.8. The number of benzene rings is 3. The Morgan fingerprint density at radius 1 is 0.800 bits per heavy atom. The van der Waals surface area contributed by atoms with E-state index in [1.54, 1.807) is 38.1 Å². The number of carbonyl (C=O) groups is 3. The molecular formula is C31H31N3O6. The molecule has 1 unspecified atom stereocenters. The predicted molar refractivity (Wildman–Crippen MR) is 150 cm³/mol. The molecule has 3 aromatic carbocycles. The third-order valence-corrected chi connectivity index (χ3v) is 5.94. The number of hydrogen-bond donors (Lipinski definition) is 1. The van der Waals surface area contributed by atoms with Crippen LogP contribution < -0.4 is 10.1 Å². The van der Waals surface area contributed by atoms with Gasteiger partial charge in [-0.1, -0.05) is 54.6 Å². The molecule has 0 aliphatic carbocycles. The number of hydrogen-bond acceptors (Lipinski definition) is 8. The number of amides is 1. The molecule has 0 fully saturated rings. The number of aromatic nitrogens is 2. The summed E-state index contributed by atoms with van der Waals surface area (Å²) in [6.07, 6.45) is 0.111. The Morgan fingerprint density at radius 2 is 1.45 bits per heavy atom. The van der Waals surface area contributed by atoms with Gasteiger partial charge in [0.05, 0.1) is 30.7 Å². The van der Waals surface area contributed by atoms with E-state index in [1.165, 1.54) is 0 Å². The number of esters is 2. The maximum atomic E-state index is 12.7. The number of carbonyl (C=O) groups excluding carboxylic acids is 3. The molecule has 4 rings (SSSR count). The van der Waals surface area contributed by atoms with E-state index in [2.05, 4.69) is 5.32 Å². The number of nitrogens with one attached hydrogen (secondary N) is 1. The third-order valence-electron chi connectivity index (χ3n) is 5.94. The van der Waals surface area contributed by atoms with Gasteiger partial charge in [-0.15, -0.1) is 0 Å². The van der Waals surface area contributed by atoms with Crippen molar-refractivity contribution in [1.82, 2.24) is 15.3 Å². The Labute approximate surface area is 232 Å². The van der Waals surface area contributed by atoms with Crippen LogP contribution in [0.5, 0.6) is 11.6 Å². The molecule has 9 nitrogen and oxygen atoms in total. The van der Waals surface area contributed by atoms with Crippen LogP contribution in [-0.2, 0) is 30.3 Å². The normalized spacial score (nSPS) is 11.4. The van der Waals surface area contributed by atoms with Gasteiger partial charge in [0.2, 0.25) is 11.8 Å². The first-order chi connectivity index (χ1) is 19.5. The van der Waals surface area contributed by atoms with Crippen molar-refractivity contribution >= 4 is 28.9 Å². The second-order valence-corrected chi connectivity index (χ2v) is 8.87. The summed E-state index contributed by atoms with van der Waals surface area (Å²) in [4.78, 5) is 46.2. The summed E-state index contributed by atoms with van der Waals surface area (Å²) in [5.74, 6) is -0.496. The Kier molecular flexibility index (Phi) is 9.77. The minimum Gasteiger partial charge on any atom is -0.466 e. The summed E-state index contributed by atoms with van der Waals surface area (Å²) in [5, 5.41) is 2.67. The van der Waals surface area contributed by atoms with E-state index in [0.717, 1.165) is 11.1 Å². The van der Waals surface area contributed by atoms with Gasteiger partial charge < -0.3 is 19.5 Å². The summed E-state index contributed by atoms with van der Waals surface area (Å²) in [6.45, 7) is 3.80. The Morgan fingerprint density at radius 3 is 2.12 bits per heavy atom. The van der Waals surface area contributed by atoms with E-state index in [9.17, 15) is 14.4 Å². The molecule has 0 saturated heterocycles. The smallest absolute Gasteiger partial charge is 0.328 e. The van der Waals surface area contributed by atoms with Gasteiger partial charge in [-0.25, -0.2) is 14.8 Å². The molecule has 1 atom stereocenters. The van der Waals surface area contributed by atoms with Gasteiger partial charge >= 0.3 is 11.9 Å². The fourth-order valence-corrected chi connectivity index (χ4v) is 4.04. The summed E-state index contributed by atoms with van der Waals surface area (Å²) in [5.41, 5.74) is 3.69. The Hall–Kier alpha value is -4.79. The standard InChI is InChI=1S/C31H31N3O6/c1-3-38-28(36)19-18-26(31(37)39-4-2)32-27(35)20-21-14-16-23(17-15-21)40-30-29(22-10-6-5-7-11-22)33-24-12-8-9-13-25(24)34-30/h5-17,26H,3-4,18-20H2,1-2H3,(H,32,35). The minimum absolute atomic E-state index is 0.00767. The van der Waals surface area contributed by atoms with Crippen LogP contribution in [0.25, 0.3) is 22.3 Å². The number of fused-ring (bicyclic) bond motifs is 1. The molecule has 0 aliphatic rings. The van der Waals surface area contributed by atoms with Gasteiger partial charge in [0.15, 0.2) is 0 Å². The molecule has 0 saturated carbocycles. The van der Waals surface area contributed by atoms with Crippen molar-refractivity contribution < 1.29 is 28.6 Å². The Balaban J connectivity index is 1.45. The van der Waals surface area contributed by atoms with Crippen molar-refractivity contribution in [2.24, 2.45) is 0 Å². The van der Waals surface area contributed by atoms with E-state index >= 15 is 0 Å². The molecule has 0 spiro atoms. The number of rotatable bonds is 12. The SMILES string of the molecule is CCOC(=O)CCC(NC(=O)Cc1ccc(Oc2nc3ccccc3nc2-c2ccccc2)cc1)C(=O)OCC. The first-order valence-electron chi connectivity index (χ1n) is 13.2. The highest BCUT2D eigenvalue weighted by atomic mass is 16.5. The fraction of sp³-hybridized carbons (Fsp3) is 0.258. The largest absolute Gasteiger partial charge is 0.466 e. The molecule has 4 aromatic rings. The van der Waals surface area contributed by atoms with Gasteiger partial charge in [-0.3, -0.25) is 9.59 Å². The molecule has 1 amide bonds. The van der Waals surface area contributed by atoms with Crippen LogP contribution in [0.1, 0.15) is 32.3 Å². The van der Waals surface area contributed by atoms with E-state index in [4.69, 9.17) is 24.2 Å². The number of para-hydroxylation sites is 2. The average Bonchev–Trinajstić information content (AvgIpc) is 2.96. The summed E-state index contributed by atoms with van der Waals surface area (Å²) in [6, 6.07) is 23.4. The zero-order valence-electron chi connectivity index (χ0n) is 22.5. The van der Waals surface area contributed by atoms with Crippen molar-refractivity contribution in [3.63, 3.8) is 0 Å². The van der Waals surface area contributed by atoms with E-state index in [1.807, 2.05) is 54.6 Å². The molecule has 206 valence electrons. The second-order valence-electron chi connectivity index (χ2n) is 8.87. The molecule has 0 bridgehead atoms. The molecule has 9 heteroatoms. The lowest BCUT2D eigenvalue weighted by Gasteiger charge is -2.17. The van der Waals surface area contributed by atoms with E-state index < -0.39 is 18.0 Å². The fourth-order valence-electron chi connectivity index (χ4n) is 4.04. The van der Waals surface area contributed by atoms with Gasteiger partial charge in [0, 0.05) is 12.0 Å². The Bertz CT molecular complexity index is 1460. The predicted octanol–water partition coefficient (Wildman–Crippen LogP) is 5.02. The maximum absolute atomic E-state index is 12.7. The van der Waals surface area contributed by atoms with Crippen molar-refractivity contribution in [2.45, 2.75) is 39.2 Å². The molecular weight excluding hydrogens is 510 g/mol. The van der Waals surface area contributed by atoms with Crippen molar-refractivity contribution in [2.75, 3.05) is 13.2 Å². The highest BCUT2D eigenvalue weighted by Gasteiger charge is 2.23. The molecule has 1 heterocycles. The molecule has 0 radical (unpaired) electrons. The first kappa shape index (κ1) is 28.2.